The molecular formula is C44H40F4N10O5S3. The number of hydrogen-bond acceptors (Lipinski definition) is 15. The van der Waals surface area contributed by atoms with Crippen LogP contribution < -0.4 is 16.4 Å². The number of hydrogen-bond donors (Lipinski definition) is 3. The zero-order valence-corrected chi connectivity index (χ0v) is 37.9. The van der Waals surface area contributed by atoms with Crippen LogP contribution in [0.5, 0.6) is 0 Å². The Labute approximate surface area is 382 Å². The first kappa shape index (κ1) is 45.0. The van der Waals surface area contributed by atoms with E-state index in [9.17, 15) is 31.2 Å². The van der Waals surface area contributed by atoms with Crippen LogP contribution >= 0.6 is 22.7 Å². The Morgan fingerprint density at radius 1 is 0.864 bits per heavy atom. The van der Waals surface area contributed by atoms with Crippen LogP contribution in [0.3, 0.4) is 0 Å². The number of thiophene rings is 2. The molecule has 0 bridgehead atoms. The minimum absolute atomic E-state index is 0.151. The molecule has 22 heteroatoms. The maximum atomic E-state index is 17.7. The molecule has 7 heterocycles. The van der Waals surface area contributed by atoms with E-state index in [-0.39, 0.29) is 40.6 Å². The van der Waals surface area contributed by atoms with Crippen LogP contribution in [0.2, 0.25) is 0 Å². The Hall–Kier alpha value is -6.20. The molecule has 15 nitrogen and oxygen atoms in total. The number of nitrogens with two attached hydrogens (primary N) is 1. The summed E-state index contributed by atoms with van der Waals surface area (Å²) < 4.78 is 86.7. The third-order valence-electron chi connectivity index (χ3n) is 11.9. The van der Waals surface area contributed by atoms with Gasteiger partial charge in [-0.05, 0) is 85.0 Å². The molecule has 2 amide bonds. The average Bonchev–Trinajstić information content (AvgIpc) is 3.84. The number of benzene rings is 2. The highest BCUT2D eigenvalue weighted by Crippen LogP contribution is 2.47. The number of anilines is 3. The van der Waals surface area contributed by atoms with Gasteiger partial charge in [0.05, 0.1) is 54.0 Å². The molecule has 0 saturated carbocycles. The zero-order chi connectivity index (χ0) is 46.7. The molecule has 0 atom stereocenters. The first-order valence-corrected chi connectivity index (χ1v) is 23.6. The molecule has 7 aromatic rings. The van der Waals surface area contributed by atoms with Gasteiger partial charge < -0.3 is 26.0 Å². The molecule has 0 aliphatic carbocycles. The van der Waals surface area contributed by atoms with E-state index in [1.165, 1.54) is 17.0 Å². The van der Waals surface area contributed by atoms with Gasteiger partial charge in [0.2, 0.25) is 0 Å². The Morgan fingerprint density at radius 2 is 1.53 bits per heavy atom. The van der Waals surface area contributed by atoms with Gasteiger partial charge in [-0.3, -0.25) is 19.5 Å². The second-order valence-corrected chi connectivity index (χ2v) is 20.0. The number of ether oxygens (including phenoxy) is 1. The lowest BCUT2D eigenvalue weighted by Crippen LogP contribution is -2.59. The van der Waals surface area contributed by atoms with E-state index in [1.807, 2.05) is 19.9 Å². The monoisotopic (exact) mass is 960 g/mol. The fraction of sp³-hybridized carbons (Fsp3) is 0.295. The number of nitrogen functional groups attached to an aromatic ring is 1. The van der Waals surface area contributed by atoms with Crippen molar-refractivity contribution in [3.8, 4) is 11.1 Å². The van der Waals surface area contributed by atoms with E-state index in [1.54, 1.807) is 43.6 Å². The smallest absolute Gasteiger partial charge is 0.397 e. The number of pyridine rings is 1. The van der Waals surface area contributed by atoms with Crippen LogP contribution in [-0.2, 0) is 33.3 Å². The first-order valence-electron chi connectivity index (χ1n) is 20.5. The number of rotatable bonds is 11. The zero-order valence-electron chi connectivity index (χ0n) is 35.5. The lowest BCUT2D eigenvalue weighted by Gasteiger charge is -2.45. The molecule has 9 rings (SSSR count). The molecule has 2 aromatic carbocycles. The van der Waals surface area contributed by atoms with Crippen molar-refractivity contribution in [1.29, 1.82) is 0 Å². The molecule has 2 fully saturated rings. The molecule has 5 aromatic heterocycles. The summed E-state index contributed by atoms with van der Waals surface area (Å²) in [5.41, 5.74) is 4.72. The highest BCUT2D eigenvalue weighted by molar-refractivity contribution is 7.92. The molecule has 2 aliphatic rings. The fourth-order valence-electron chi connectivity index (χ4n) is 8.04. The topological polar surface area (TPSA) is 199 Å². The largest absolute Gasteiger partial charge is 0.501 e. The van der Waals surface area contributed by atoms with Crippen LogP contribution in [0.25, 0.3) is 31.6 Å². The number of nitrogens with zero attached hydrogens (tertiary/aromatic N) is 7. The third-order valence-corrected chi connectivity index (χ3v) is 15.6. The number of nitrogens with one attached hydrogen (secondary N) is 2. The lowest BCUT2D eigenvalue weighted by atomic mass is 9.84. The number of amides is 2. The number of aryl methyl sites for hydroxylation is 3. The molecule has 66 heavy (non-hydrogen) atoms. The molecule has 2 saturated heterocycles. The molecule has 0 radical (unpaired) electrons. The van der Waals surface area contributed by atoms with Gasteiger partial charge in [0.25, 0.3) is 21.7 Å². The number of fused-ring (bicyclic) bond motifs is 2. The summed E-state index contributed by atoms with van der Waals surface area (Å²) >= 11 is 2.15. The molecular weight excluding hydrogens is 921 g/mol. The summed E-state index contributed by atoms with van der Waals surface area (Å²) in [7, 11) is -5.57. The van der Waals surface area contributed by atoms with E-state index >= 15 is 4.39 Å². The summed E-state index contributed by atoms with van der Waals surface area (Å²) in [6.45, 7) is 7.66. The van der Waals surface area contributed by atoms with Gasteiger partial charge in [0, 0.05) is 60.6 Å². The second-order valence-electron chi connectivity index (χ2n) is 16.1. The number of sulfone groups is 1. The van der Waals surface area contributed by atoms with Crippen molar-refractivity contribution in [2.75, 3.05) is 50.4 Å². The molecule has 0 unspecified atom stereocenters. The van der Waals surface area contributed by atoms with Crippen LogP contribution in [0.15, 0.2) is 71.9 Å². The van der Waals surface area contributed by atoms with Crippen molar-refractivity contribution in [1.82, 2.24) is 40.5 Å². The molecule has 342 valence electrons. The van der Waals surface area contributed by atoms with Crippen molar-refractivity contribution in [3.05, 3.63) is 110 Å². The minimum Gasteiger partial charge on any atom is -0.397 e. The number of carbonyl (C=O) groups is 2. The Bertz CT molecular complexity index is 3150. The number of aromatic nitrogens is 5. The van der Waals surface area contributed by atoms with E-state index in [2.05, 4.69) is 40.9 Å². The molecule has 2 aliphatic heterocycles. The second kappa shape index (κ2) is 17.2. The predicted molar refractivity (Wildman–Crippen MR) is 242 cm³/mol. The Morgan fingerprint density at radius 3 is 2.23 bits per heavy atom. The van der Waals surface area contributed by atoms with Gasteiger partial charge in [-0.25, -0.2) is 12.8 Å². The van der Waals surface area contributed by atoms with Crippen molar-refractivity contribution in [2.24, 2.45) is 0 Å². The van der Waals surface area contributed by atoms with Gasteiger partial charge in [-0.2, -0.15) is 23.4 Å². The molecule has 0 spiro atoms. The van der Waals surface area contributed by atoms with Crippen molar-refractivity contribution in [3.63, 3.8) is 0 Å². The summed E-state index contributed by atoms with van der Waals surface area (Å²) in [5.74, 6) is -1.04. The highest BCUT2D eigenvalue weighted by Gasteiger charge is 2.50. The fourth-order valence-corrected chi connectivity index (χ4v) is 10.9. The summed E-state index contributed by atoms with van der Waals surface area (Å²) in [4.78, 5) is 36.3. The summed E-state index contributed by atoms with van der Waals surface area (Å²) in [6, 6.07) is 12.9. The van der Waals surface area contributed by atoms with Crippen molar-refractivity contribution in [2.45, 2.75) is 49.9 Å². The lowest BCUT2D eigenvalue weighted by molar-refractivity contribution is -0.0436. The number of morpholine rings is 1. The van der Waals surface area contributed by atoms with Crippen molar-refractivity contribution >= 4 is 81.8 Å². The van der Waals surface area contributed by atoms with Gasteiger partial charge in [0.15, 0.2) is 5.67 Å². The van der Waals surface area contributed by atoms with Crippen molar-refractivity contribution < 1.29 is 40.3 Å². The Kier molecular flexibility index (Phi) is 11.7. The number of carbonyl (C=O) groups excluding carboxylic acids is 2. The predicted octanol–water partition coefficient (Wildman–Crippen LogP) is 7.39. The maximum Gasteiger partial charge on any atom is 0.501 e. The Balaban J connectivity index is 1.08. The van der Waals surface area contributed by atoms with Gasteiger partial charge in [-0.1, -0.05) is 18.2 Å². The van der Waals surface area contributed by atoms with E-state index in [0.29, 0.717) is 87.2 Å². The van der Waals surface area contributed by atoms with Gasteiger partial charge >= 0.3 is 5.51 Å². The SMILES string of the molecule is Cc1nnc2sc(C(=O)N3CC(F)(c4cc(-c5ccncc5)ccc4Nc4c(C(=O)NCc5ccc(S(=O)(=O)C(F)(F)F)cc5)sc5nnc(CN6CCOCC6)c(C)c45)C3)c(N)c2c1C. The van der Waals surface area contributed by atoms with Crippen LogP contribution in [0.1, 0.15) is 53.0 Å². The van der Waals surface area contributed by atoms with E-state index < -0.39 is 37.7 Å². The van der Waals surface area contributed by atoms with Gasteiger partial charge in [-0.15, -0.1) is 32.9 Å². The van der Waals surface area contributed by atoms with Gasteiger partial charge in [0.1, 0.15) is 19.4 Å². The van der Waals surface area contributed by atoms with Crippen LogP contribution in [0, 0.1) is 20.8 Å². The molecule has 4 N–H and O–H groups in total. The van der Waals surface area contributed by atoms with E-state index in [0.717, 1.165) is 51.5 Å². The maximum absolute atomic E-state index is 17.7. The minimum atomic E-state index is -5.57. The van der Waals surface area contributed by atoms with E-state index in [4.69, 9.17) is 10.5 Å². The standard InChI is InChI=1S/C44H40F4N10O5S3/c1-23-25(3)53-55-40-33(23)35(49)37(64-40)42(60)58-21-43(45,22-58)30-18-28(27-10-12-50-13-11-27)6-9-31(30)52-36-34-24(2)32(20-57-14-16-63-17-15-57)54-56-41(34)65-38(36)39(59)51-19-26-4-7-29(8-5-26)66(61,62)44(46,47)48/h4-13,18,52H,14-17,19-22,49H2,1-3H3,(H,51,59). The number of likely N-dealkylation sites (tertiary alicyclic amines) is 1. The highest BCUT2D eigenvalue weighted by atomic mass is 32.2. The third kappa shape index (κ3) is 8.20. The normalized spacial score (nSPS) is 15.5. The van der Waals surface area contributed by atoms with Crippen LogP contribution in [-0.4, -0.2) is 100 Å². The number of alkyl halides is 4. The quantitative estimate of drug-likeness (QED) is 0.109. The average molecular weight is 961 g/mol. The first-order chi connectivity index (χ1) is 31.4. The summed E-state index contributed by atoms with van der Waals surface area (Å²) in [5, 5.41) is 24.9. The number of halogens is 4. The van der Waals surface area contributed by atoms with Crippen LogP contribution in [0.4, 0.5) is 34.6 Å². The summed E-state index contributed by atoms with van der Waals surface area (Å²) in [6.07, 6.45) is 3.25.